The van der Waals surface area contributed by atoms with Gasteiger partial charge in [0.25, 0.3) is 0 Å². The molecule has 1 rings (SSSR count). The Morgan fingerprint density at radius 2 is 0.879 bits per heavy atom. The molecule has 0 bridgehead atoms. The second-order valence-electron chi connectivity index (χ2n) is 20.0. The molecule has 1 fully saturated rings. The third-order valence-electron chi connectivity index (χ3n) is 13.8. The summed E-state index contributed by atoms with van der Waals surface area (Å²) in [5.41, 5.74) is 0. The van der Waals surface area contributed by atoms with Gasteiger partial charge in [0.05, 0.1) is 25.4 Å². The maximum absolute atomic E-state index is 13.1. The zero-order valence-corrected chi connectivity index (χ0v) is 42.7. The normalized spacial score (nSPS) is 20.8. The predicted octanol–water partition coefficient (Wildman–Crippen LogP) is 11.2. The van der Waals surface area contributed by atoms with Crippen LogP contribution in [0.15, 0.2) is 12.2 Å². The van der Waals surface area contributed by atoms with Gasteiger partial charge in [0.15, 0.2) is 6.29 Å². The Morgan fingerprint density at radius 3 is 1.27 bits per heavy atom. The predicted molar refractivity (Wildman–Crippen MR) is 270 cm³/mol. The van der Waals surface area contributed by atoms with Gasteiger partial charge >= 0.3 is 0 Å². The number of ether oxygens (including phenoxy) is 2. The van der Waals surface area contributed by atoms with Crippen molar-refractivity contribution >= 4 is 5.91 Å². The van der Waals surface area contributed by atoms with Crippen LogP contribution in [0.1, 0.15) is 264 Å². The largest absolute Gasteiger partial charge is 0.394 e. The fourth-order valence-corrected chi connectivity index (χ4v) is 9.20. The molecule has 0 spiro atoms. The van der Waals surface area contributed by atoms with Crippen molar-refractivity contribution in [2.24, 2.45) is 0 Å². The van der Waals surface area contributed by atoms with E-state index in [-0.39, 0.29) is 6.42 Å². The number of carbonyl (C=O) groups is 1. The van der Waals surface area contributed by atoms with Gasteiger partial charge in [-0.25, -0.2) is 0 Å². The van der Waals surface area contributed by atoms with E-state index < -0.39 is 74.2 Å². The van der Waals surface area contributed by atoms with Crippen LogP contribution in [0, 0.1) is 0 Å². The highest BCUT2D eigenvalue weighted by molar-refractivity contribution is 5.80. The molecule has 0 saturated carbocycles. The quantitative estimate of drug-likeness (QED) is 0.0215. The Morgan fingerprint density at radius 1 is 0.515 bits per heavy atom. The Kier molecular flexibility index (Phi) is 42.9. The molecule has 0 aromatic rings. The molecule has 1 amide bonds. The van der Waals surface area contributed by atoms with Crippen LogP contribution in [0.3, 0.4) is 0 Å². The lowest BCUT2D eigenvalue weighted by molar-refractivity contribution is -0.303. The van der Waals surface area contributed by atoms with Crippen molar-refractivity contribution in [2.45, 2.75) is 319 Å². The molecule has 0 aromatic heterocycles. The van der Waals surface area contributed by atoms with Gasteiger partial charge < -0.3 is 50.5 Å². The number of aliphatic hydroxyl groups excluding tert-OH is 7. The fraction of sp³-hybridized carbons (Fsp3) is 0.945. The molecule has 0 aromatic carbocycles. The van der Waals surface area contributed by atoms with E-state index >= 15 is 0 Å². The first-order valence-electron chi connectivity index (χ1n) is 28.1. The number of allylic oxidation sites excluding steroid dienone is 2. The maximum Gasteiger partial charge on any atom is 0.249 e. The van der Waals surface area contributed by atoms with Gasteiger partial charge in [0.2, 0.25) is 5.91 Å². The number of carbonyl (C=O) groups excluding carboxylic acids is 1. The van der Waals surface area contributed by atoms with E-state index in [1.54, 1.807) is 0 Å². The van der Waals surface area contributed by atoms with Gasteiger partial charge in [0.1, 0.15) is 36.6 Å². The summed E-state index contributed by atoms with van der Waals surface area (Å²) in [5, 5.41) is 76.0. The van der Waals surface area contributed by atoms with Crippen LogP contribution in [0.2, 0.25) is 0 Å². The van der Waals surface area contributed by atoms with E-state index in [0.29, 0.717) is 19.3 Å². The average molecular weight is 942 g/mol. The lowest BCUT2D eigenvalue weighted by Crippen LogP contribution is -2.60. The number of hydrogen-bond acceptors (Lipinski definition) is 10. The smallest absolute Gasteiger partial charge is 0.249 e. The van der Waals surface area contributed by atoms with Gasteiger partial charge in [-0.05, 0) is 38.5 Å². The van der Waals surface area contributed by atoms with Gasteiger partial charge in [-0.15, -0.1) is 0 Å². The van der Waals surface area contributed by atoms with Crippen molar-refractivity contribution in [2.75, 3.05) is 13.2 Å². The van der Waals surface area contributed by atoms with E-state index in [1.807, 2.05) is 0 Å². The molecule has 1 heterocycles. The zero-order valence-electron chi connectivity index (χ0n) is 42.7. The number of hydrogen-bond donors (Lipinski definition) is 8. The Labute approximate surface area is 404 Å². The van der Waals surface area contributed by atoms with Gasteiger partial charge in [-0.2, -0.15) is 0 Å². The minimum atomic E-state index is -1.66. The zero-order chi connectivity index (χ0) is 48.3. The molecule has 1 aliphatic heterocycles. The molecule has 8 N–H and O–H groups in total. The topological polar surface area (TPSA) is 189 Å². The molecule has 66 heavy (non-hydrogen) atoms. The van der Waals surface area contributed by atoms with Crippen LogP contribution >= 0.6 is 0 Å². The average Bonchev–Trinajstić information content (AvgIpc) is 3.32. The highest BCUT2D eigenvalue weighted by Crippen LogP contribution is 2.23. The fourth-order valence-electron chi connectivity index (χ4n) is 9.20. The van der Waals surface area contributed by atoms with Gasteiger partial charge in [0, 0.05) is 0 Å². The lowest BCUT2D eigenvalue weighted by atomic mass is 9.98. The molecule has 9 unspecified atom stereocenters. The van der Waals surface area contributed by atoms with Crippen molar-refractivity contribution < 1.29 is 50.0 Å². The van der Waals surface area contributed by atoms with Gasteiger partial charge in [-0.3, -0.25) is 4.79 Å². The Balaban J connectivity index is 2.31. The molecular formula is C55H107NO10. The molecule has 1 aliphatic rings. The number of unbranched alkanes of at least 4 members (excludes halogenated alkanes) is 34. The summed E-state index contributed by atoms with van der Waals surface area (Å²) >= 11 is 0. The first-order chi connectivity index (χ1) is 32.2. The lowest BCUT2D eigenvalue weighted by Gasteiger charge is -2.40. The van der Waals surface area contributed by atoms with E-state index in [1.165, 1.54) is 173 Å². The number of nitrogens with one attached hydrogen (secondary N) is 1. The van der Waals surface area contributed by atoms with Crippen LogP contribution in [-0.4, -0.2) is 110 Å². The minimum absolute atomic E-state index is 0.248. The first kappa shape index (κ1) is 62.9. The standard InChI is InChI=1S/C55H107NO10/c1-3-5-7-9-11-13-15-17-19-20-21-22-23-24-25-26-27-29-30-32-34-36-38-40-42-47(58)50(60)46(45-65-55-53(63)52(62)51(61)49(44-57)66-55)56-54(64)48(59)43-41-39-37-35-33-31-28-18-16-14-12-10-8-6-4-2/h28,31,46-53,55,57-63H,3-27,29-30,32-45H2,1-2H3,(H,56,64)/b31-28-. The van der Waals surface area contributed by atoms with Crippen molar-refractivity contribution in [3.05, 3.63) is 12.2 Å². The van der Waals surface area contributed by atoms with E-state index in [2.05, 4.69) is 31.3 Å². The molecule has 11 heteroatoms. The second-order valence-corrected chi connectivity index (χ2v) is 20.0. The van der Waals surface area contributed by atoms with Crippen LogP contribution in [0.25, 0.3) is 0 Å². The number of aliphatic hydroxyl groups is 7. The molecule has 1 saturated heterocycles. The Hall–Kier alpha value is -1.15. The monoisotopic (exact) mass is 942 g/mol. The summed E-state index contributed by atoms with van der Waals surface area (Å²) in [4.78, 5) is 13.1. The molecule has 0 aliphatic carbocycles. The summed E-state index contributed by atoms with van der Waals surface area (Å²) in [5.74, 6) is -0.702. The minimum Gasteiger partial charge on any atom is -0.394 e. The summed E-state index contributed by atoms with van der Waals surface area (Å²) in [6.07, 6.45) is 39.8. The van der Waals surface area contributed by atoms with E-state index in [0.717, 1.165) is 51.4 Å². The van der Waals surface area contributed by atoms with Crippen LogP contribution in [0.5, 0.6) is 0 Å². The number of amides is 1. The Bertz CT molecular complexity index is 1080. The highest BCUT2D eigenvalue weighted by atomic mass is 16.7. The highest BCUT2D eigenvalue weighted by Gasteiger charge is 2.44. The van der Waals surface area contributed by atoms with Crippen molar-refractivity contribution in [1.82, 2.24) is 5.32 Å². The summed E-state index contributed by atoms with van der Waals surface area (Å²) in [6, 6.07) is -1.17. The van der Waals surface area contributed by atoms with Crippen LogP contribution in [0.4, 0.5) is 0 Å². The molecule has 9 atom stereocenters. The van der Waals surface area contributed by atoms with Crippen molar-refractivity contribution in [1.29, 1.82) is 0 Å². The van der Waals surface area contributed by atoms with Crippen LogP contribution < -0.4 is 5.32 Å². The first-order valence-corrected chi connectivity index (χ1v) is 28.1. The summed E-state index contributed by atoms with van der Waals surface area (Å²) < 4.78 is 11.1. The third kappa shape index (κ3) is 33.4. The maximum atomic E-state index is 13.1. The molecule has 0 radical (unpaired) electrons. The van der Waals surface area contributed by atoms with Crippen molar-refractivity contribution in [3.8, 4) is 0 Å². The summed E-state index contributed by atoms with van der Waals surface area (Å²) in [6.45, 7) is 3.47. The van der Waals surface area contributed by atoms with E-state index in [9.17, 15) is 40.5 Å². The molecular weight excluding hydrogens is 835 g/mol. The molecule has 392 valence electrons. The number of rotatable bonds is 48. The summed E-state index contributed by atoms with van der Waals surface area (Å²) in [7, 11) is 0. The van der Waals surface area contributed by atoms with Crippen molar-refractivity contribution in [3.63, 3.8) is 0 Å². The van der Waals surface area contributed by atoms with E-state index in [4.69, 9.17) is 9.47 Å². The second kappa shape index (κ2) is 45.0. The molecule has 11 nitrogen and oxygen atoms in total. The third-order valence-corrected chi connectivity index (χ3v) is 13.8. The van der Waals surface area contributed by atoms with Gasteiger partial charge in [-0.1, -0.05) is 238 Å². The van der Waals surface area contributed by atoms with Crippen LogP contribution in [-0.2, 0) is 14.3 Å². The SMILES string of the molecule is CCCCCCCCC/C=C\CCCCCCC(O)C(=O)NC(COC1OC(CO)C(O)C(O)C1O)C(O)C(O)CCCCCCCCCCCCCCCCCCCCCCCCCC.